The van der Waals surface area contributed by atoms with E-state index in [1.807, 2.05) is 18.2 Å². The van der Waals surface area contributed by atoms with Crippen LogP contribution in [0.1, 0.15) is 28.4 Å². The third-order valence-corrected chi connectivity index (χ3v) is 3.71. The van der Waals surface area contributed by atoms with Gasteiger partial charge in [-0.2, -0.15) is 0 Å². The van der Waals surface area contributed by atoms with E-state index in [-0.39, 0.29) is 5.92 Å². The van der Waals surface area contributed by atoms with Gasteiger partial charge in [0.15, 0.2) is 0 Å². The maximum atomic E-state index is 5.97. The van der Waals surface area contributed by atoms with E-state index in [0.29, 0.717) is 6.54 Å². The summed E-state index contributed by atoms with van der Waals surface area (Å²) in [5.74, 6) is 1.06. The number of aromatic amines is 1. The van der Waals surface area contributed by atoms with Crippen molar-refractivity contribution in [1.82, 2.24) is 9.97 Å². The van der Waals surface area contributed by atoms with Gasteiger partial charge in [0.2, 0.25) is 0 Å². The minimum atomic E-state index is 0.114. The molecule has 1 heterocycles. The summed E-state index contributed by atoms with van der Waals surface area (Å²) in [5, 5.41) is 0. The van der Waals surface area contributed by atoms with Gasteiger partial charge in [-0.25, -0.2) is 4.98 Å². The Hall–Kier alpha value is -2.13. The average Bonchev–Trinajstić information content (AvgIpc) is 2.84. The lowest BCUT2D eigenvalue weighted by molar-refractivity contribution is 0.768. The number of hydrogen-bond acceptors (Lipinski definition) is 2. The van der Waals surface area contributed by atoms with E-state index >= 15 is 0 Å². The number of nitrogens with one attached hydrogen (secondary N) is 1. The van der Waals surface area contributed by atoms with Gasteiger partial charge in [-0.05, 0) is 36.6 Å². The quantitative estimate of drug-likeness (QED) is 0.763. The Morgan fingerprint density at radius 2 is 1.90 bits per heavy atom. The molecule has 0 radical (unpaired) electrons. The van der Waals surface area contributed by atoms with Crippen molar-refractivity contribution < 1.29 is 0 Å². The van der Waals surface area contributed by atoms with Crippen LogP contribution in [0.4, 0.5) is 0 Å². The number of fused-ring (bicyclic) bond motifs is 1. The molecule has 0 spiro atoms. The molecule has 0 saturated heterocycles. The van der Waals surface area contributed by atoms with Crippen LogP contribution in [0.25, 0.3) is 11.0 Å². The molecule has 2 aromatic carbocycles. The molecule has 1 unspecified atom stereocenters. The molecule has 20 heavy (non-hydrogen) atoms. The third-order valence-electron chi connectivity index (χ3n) is 3.71. The number of rotatable bonds is 3. The highest BCUT2D eigenvalue weighted by molar-refractivity contribution is 5.79. The smallest absolute Gasteiger partial charge is 0.116 e. The molecular formula is C17H19N3. The molecule has 0 fully saturated rings. The lowest BCUT2D eigenvalue weighted by Crippen LogP contribution is -2.15. The maximum absolute atomic E-state index is 5.97. The fourth-order valence-electron chi connectivity index (χ4n) is 2.75. The van der Waals surface area contributed by atoms with Crippen LogP contribution in [0.2, 0.25) is 0 Å². The first-order chi connectivity index (χ1) is 9.69. The largest absolute Gasteiger partial charge is 0.341 e. The zero-order valence-corrected chi connectivity index (χ0v) is 11.9. The van der Waals surface area contributed by atoms with Crippen molar-refractivity contribution in [2.75, 3.05) is 6.54 Å². The number of aromatic nitrogens is 2. The molecule has 3 rings (SSSR count). The molecular weight excluding hydrogens is 246 g/mol. The van der Waals surface area contributed by atoms with Crippen LogP contribution in [0, 0.1) is 13.8 Å². The number of hydrogen-bond donors (Lipinski definition) is 2. The molecule has 0 aliphatic carbocycles. The van der Waals surface area contributed by atoms with Crippen molar-refractivity contribution >= 4 is 11.0 Å². The molecule has 0 saturated carbocycles. The first-order valence-corrected chi connectivity index (χ1v) is 6.91. The standard InChI is InChI=1S/C17H19N3/c1-11-8-12(2)16-15(9-11)19-17(20-16)14(10-18)13-6-4-3-5-7-13/h3-9,14H,10,18H2,1-2H3,(H,19,20). The van der Waals surface area contributed by atoms with Crippen molar-refractivity contribution in [1.29, 1.82) is 0 Å². The van der Waals surface area contributed by atoms with Gasteiger partial charge >= 0.3 is 0 Å². The minimum absolute atomic E-state index is 0.114. The second kappa shape index (κ2) is 5.10. The molecule has 1 atom stereocenters. The summed E-state index contributed by atoms with van der Waals surface area (Å²) >= 11 is 0. The Balaban J connectivity index is 2.11. The highest BCUT2D eigenvalue weighted by Crippen LogP contribution is 2.25. The van der Waals surface area contributed by atoms with Crippen molar-refractivity contribution in [3.05, 3.63) is 65.0 Å². The van der Waals surface area contributed by atoms with E-state index in [4.69, 9.17) is 10.7 Å². The van der Waals surface area contributed by atoms with Gasteiger partial charge in [-0.3, -0.25) is 0 Å². The first-order valence-electron chi connectivity index (χ1n) is 6.91. The molecule has 0 aliphatic rings. The number of aryl methyl sites for hydroxylation is 2. The van der Waals surface area contributed by atoms with Gasteiger partial charge in [0.1, 0.15) is 5.82 Å². The lowest BCUT2D eigenvalue weighted by Gasteiger charge is -2.12. The Morgan fingerprint density at radius 1 is 1.15 bits per heavy atom. The molecule has 0 bridgehead atoms. The topological polar surface area (TPSA) is 54.7 Å². The maximum Gasteiger partial charge on any atom is 0.116 e. The molecule has 3 N–H and O–H groups in total. The molecule has 1 aromatic heterocycles. The number of nitrogens with two attached hydrogens (primary N) is 1. The highest BCUT2D eigenvalue weighted by atomic mass is 14.9. The predicted molar refractivity (Wildman–Crippen MR) is 82.9 cm³/mol. The molecule has 3 nitrogen and oxygen atoms in total. The van der Waals surface area contributed by atoms with Crippen molar-refractivity contribution in [2.24, 2.45) is 5.73 Å². The minimum Gasteiger partial charge on any atom is -0.341 e. The van der Waals surface area contributed by atoms with Crippen molar-refractivity contribution in [3.63, 3.8) is 0 Å². The third kappa shape index (κ3) is 2.21. The number of imidazole rings is 1. The monoisotopic (exact) mass is 265 g/mol. The van der Waals surface area contributed by atoms with E-state index < -0.39 is 0 Å². The van der Waals surface area contributed by atoms with E-state index in [9.17, 15) is 0 Å². The Labute approximate surface area is 118 Å². The van der Waals surface area contributed by atoms with Crippen molar-refractivity contribution in [3.8, 4) is 0 Å². The Morgan fingerprint density at radius 3 is 2.60 bits per heavy atom. The summed E-state index contributed by atoms with van der Waals surface area (Å²) < 4.78 is 0. The number of nitrogens with zero attached hydrogens (tertiary/aromatic N) is 1. The van der Waals surface area contributed by atoms with Crippen LogP contribution in [0.3, 0.4) is 0 Å². The Bertz CT molecular complexity index is 729. The zero-order chi connectivity index (χ0) is 14.1. The second-order valence-electron chi connectivity index (χ2n) is 5.30. The van der Waals surface area contributed by atoms with Crippen LogP contribution in [-0.4, -0.2) is 16.5 Å². The fraction of sp³-hybridized carbons (Fsp3) is 0.235. The summed E-state index contributed by atoms with van der Waals surface area (Å²) in [6, 6.07) is 14.6. The second-order valence-corrected chi connectivity index (χ2v) is 5.30. The van der Waals surface area contributed by atoms with Gasteiger partial charge in [-0.15, -0.1) is 0 Å². The normalized spacial score (nSPS) is 12.8. The summed E-state index contributed by atoms with van der Waals surface area (Å²) in [7, 11) is 0. The van der Waals surface area contributed by atoms with Crippen LogP contribution in [0.15, 0.2) is 42.5 Å². The van der Waals surface area contributed by atoms with E-state index in [1.165, 1.54) is 16.7 Å². The van der Waals surface area contributed by atoms with Gasteiger partial charge in [0.25, 0.3) is 0 Å². The SMILES string of the molecule is Cc1cc(C)c2nc(C(CN)c3ccccc3)[nH]c2c1. The van der Waals surface area contributed by atoms with E-state index in [1.54, 1.807) is 0 Å². The highest BCUT2D eigenvalue weighted by Gasteiger charge is 2.17. The molecule has 0 amide bonds. The van der Waals surface area contributed by atoms with E-state index in [0.717, 1.165) is 16.9 Å². The Kier molecular flexibility index (Phi) is 3.28. The van der Waals surface area contributed by atoms with Crippen LogP contribution >= 0.6 is 0 Å². The number of H-pyrrole nitrogens is 1. The molecule has 102 valence electrons. The summed E-state index contributed by atoms with van der Waals surface area (Å²) in [6.45, 7) is 4.74. The summed E-state index contributed by atoms with van der Waals surface area (Å²) in [5.41, 5.74) is 11.7. The van der Waals surface area contributed by atoms with Crippen LogP contribution in [0.5, 0.6) is 0 Å². The molecule has 3 heteroatoms. The van der Waals surface area contributed by atoms with Gasteiger partial charge in [-0.1, -0.05) is 36.4 Å². The molecule has 3 aromatic rings. The predicted octanol–water partition coefficient (Wildman–Crippen LogP) is 3.27. The van der Waals surface area contributed by atoms with Gasteiger partial charge < -0.3 is 10.7 Å². The molecule has 0 aliphatic heterocycles. The fourth-order valence-corrected chi connectivity index (χ4v) is 2.75. The van der Waals surface area contributed by atoms with E-state index in [2.05, 4.69) is 43.1 Å². The summed E-state index contributed by atoms with van der Waals surface area (Å²) in [6.07, 6.45) is 0. The first kappa shape index (κ1) is 12.9. The van der Waals surface area contributed by atoms with Crippen LogP contribution < -0.4 is 5.73 Å². The average molecular weight is 265 g/mol. The van der Waals surface area contributed by atoms with Gasteiger partial charge in [0.05, 0.1) is 17.0 Å². The number of benzene rings is 2. The van der Waals surface area contributed by atoms with Gasteiger partial charge in [0, 0.05) is 6.54 Å². The van der Waals surface area contributed by atoms with Crippen LogP contribution in [-0.2, 0) is 0 Å². The van der Waals surface area contributed by atoms with Crippen molar-refractivity contribution in [2.45, 2.75) is 19.8 Å². The zero-order valence-electron chi connectivity index (χ0n) is 11.9. The lowest BCUT2D eigenvalue weighted by atomic mass is 9.99. The summed E-state index contributed by atoms with van der Waals surface area (Å²) in [4.78, 5) is 8.20.